The molecule has 19 heavy (non-hydrogen) atoms. The first kappa shape index (κ1) is 12.7. The Balaban J connectivity index is 1.99. The van der Waals surface area contributed by atoms with Gasteiger partial charge in [0, 0.05) is 25.5 Å². The van der Waals surface area contributed by atoms with Crippen LogP contribution >= 0.6 is 0 Å². The highest BCUT2D eigenvalue weighted by atomic mass is 28.3. The molecule has 4 nitrogen and oxygen atoms in total. The van der Waals surface area contributed by atoms with Crippen molar-refractivity contribution < 1.29 is 17.9 Å². The van der Waals surface area contributed by atoms with Crippen molar-refractivity contribution in [1.29, 1.82) is 0 Å². The molecule has 1 fully saturated rings. The first-order chi connectivity index (χ1) is 9.05. The molecule has 0 aromatic carbocycles. The fraction of sp³-hybridized carbons (Fsp3) is 0.545. The molecule has 1 N–H and O–H groups in total. The van der Waals surface area contributed by atoms with Gasteiger partial charge in [-0.05, 0) is 12.1 Å². The van der Waals surface area contributed by atoms with Gasteiger partial charge < -0.3 is 14.6 Å². The van der Waals surface area contributed by atoms with Crippen LogP contribution in [-0.2, 0) is 6.18 Å². The number of nitrogens with zero attached hydrogens (tertiary/aromatic N) is 2. The molecule has 0 spiro atoms. The van der Waals surface area contributed by atoms with Crippen LogP contribution in [0.25, 0.3) is 0 Å². The molecule has 1 aromatic rings. The highest BCUT2D eigenvalue weighted by Crippen LogP contribution is 2.36. The molecule has 0 unspecified atom stereocenters. The van der Waals surface area contributed by atoms with E-state index in [1.807, 2.05) is 0 Å². The summed E-state index contributed by atoms with van der Waals surface area (Å²) < 4.78 is 45.7. The lowest BCUT2D eigenvalue weighted by atomic mass is 10.2. The minimum absolute atomic E-state index is 0.270. The number of aromatic nitrogens is 1. The van der Waals surface area contributed by atoms with Crippen LogP contribution in [0.3, 0.4) is 0 Å². The average Bonchev–Trinajstić information content (AvgIpc) is 2.56. The third-order valence-corrected chi connectivity index (χ3v) is 6.54. The Kier molecular flexibility index (Phi) is 3.13. The second-order valence-corrected chi connectivity index (χ2v) is 7.65. The smallest absolute Gasteiger partial charge is 0.418 e. The largest absolute Gasteiger partial charge is 0.490 e. The number of rotatable bonds is 0. The molecule has 0 radical (unpaired) electrons. The van der Waals surface area contributed by atoms with Crippen molar-refractivity contribution in [2.24, 2.45) is 0 Å². The third kappa shape index (κ3) is 2.42. The summed E-state index contributed by atoms with van der Waals surface area (Å²) >= 11 is 0. The van der Waals surface area contributed by atoms with Gasteiger partial charge in [0.15, 0.2) is 20.5 Å². The van der Waals surface area contributed by atoms with Gasteiger partial charge in [-0.25, -0.2) is 4.98 Å². The number of nitrogens with one attached hydrogen (secondary N) is 1. The number of alkyl halides is 3. The molecule has 0 saturated carbocycles. The lowest BCUT2D eigenvalue weighted by molar-refractivity contribution is -0.137. The molecule has 3 heterocycles. The van der Waals surface area contributed by atoms with E-state index in [0.29, 0.717) is 12.4 Å². The van der Waals surface area contributed by atoms with E-state index >= 15 is 0 Å². The standard InChI is InChI=1S/C11H14F3N3OSi/c12-11(13,14)8-5-9-10(16-6-8)17-2-1-15-7-19(17)4-3-18-9/h5-6,15,19H,1-4,7H2/t19-/m0/s1. The molecular formula is C11H14F3N3OSi. The van der Waals surface area contributed by atoms with Gasteiger partial charge in [-0.2, -0.15) is 13.2 Å². The van der Waals surface area contributed by atoms with Gasteiger partial charge >= 0.3 is 6.18 Å². The number of anilines is 1. The summed E-state index contributed by atoms with van der Waals surface area (Å²) in [5, 5.41) is 3.33. The molecule has 0 amide bonds. The Bertz CT molecular complexity index is 483. The van der Waals surface area contributed by atoms with E-state index in [-0.39, 0.29) is 5.75 Å². The van der Waals surface area contributed by atoms with Crippen molar-refractivity contribution in [1.82, 2.24) is 10.3 Å². The van der Waals surface area contributed by atoms with E-state index in [0.717, 1.165) is 37.6 Å². The van der Waals surface area contributed by atoms with Crippen molar-refractivity contribution in [3.05, 3.63) is 17.8 Å². The van der Waals surface area contributed by atoms with Gasteiger partial charge in [-0.3, -0.25) is 0 Å². The Hall–Kier alpha value is -1.28. The highest BCUT2D eigenvalue weighted by Gasteiger charge is 2.35. The normalized spacial score (nSPS) is 23.1. The van der Waals surface area contributed by atoms with Crippen molar-refractivity contribution >= 4 is 14.8 Å². The van der Waals surface area contributed by atoms with Crippen LogP contribution in [0, 0.1) is 0 Å². The van der Waals surface area contributed by atoms with Crippen LogP contribution in [0.5, 0.6) is 5.75 Å². The second kappa shape index (κ2) is 4.68. The van der Waals surface area contributed by atoms with Gasteiger partial charge in [-0.1, -0.05) is 0 Å². The number of hydrogen-bond acceptors (Lipinski definition) is 4. The molecule has 1 aromatic heterocycles. The van der Waals surface area contributed by atoms with Crippen LogP contribution in [0.4, 0.5) is 19.0 Å². The molecule has 0 aliphatic carbocycles. The number of hydrogen-bond donors (Lipinski definition) is 1. The van der Waals surface area contributed by atoms with Gasteiger partial charge in [0.25, 0.3) is 0 Å². The molecule has 0 bridgehead atoms. The first-order valence-corrected chi connectivity index (χ1v) is 8.38. The zero-order chi connectivity index (χ0) is 13.5. The van der Waals surface area contributed by atoms with Gasteiger partial charge in [0.2, 0.25) is 0 Å². The third-order valence-electron chi connectivity index (χ3n) is 3.49. The van der Waals surface area contributed by atoms with Gasteiger partial charge in [-0.15, -0.1) is 0 Å². The zero-order valence-electron chi connectivity index (χ0n) is 10.2. The van der Waals surface area contributed by atoms with Crippen molar-refractivity contribution in [3.8, 4) is 5.75 Å². The van der Waals surface area contributed by atoms with Crippen molar-refractivity contribution in [2.75, 3.05) is 30.4 Å². The van der Waals surface area contributed by atoms with Crippen LogP contribution in [0.15, 0.2) is 12.3 Å². The molecule has 2 aliphatic heterocycles. The maximum atomic E-state index is 12.7. The van der Waals surface area contributed by atoms with Gasteiger partial charge in [0.1, 0.15) is 0 Å². The first-order valence-electron chi connectivity index (χ1n) is 6.23. The number of ether oxygens (including phenoxy) is 1. The van der Waals surface area contributed by atoms with Crippen LogP contribution in [-0.4, -0.2) is 39.8 Å². The lowest BCUT2D eigenvalue weighted by Crippen LogP contribution is -2.55. The SMILES string of the molecule is FC(F)(F)c1cnc2c(c1)OCC[Si@H]1CNCCN21. The summed E-state index contributed by atoms with van der Waals surface area (Å²) in [5.41, 5.74) is -0.749. The van der Waals surface area contributed by atoms with Crippen LogP contribution in [0.2, 0.25) is 6.04 Å². The van der Waals surface area contributed by atoms with E-state index in [2.05, 4.69) is 14.9 Å². The number of fused-ring (bicyclic) bond motifs is 3. The van der Waals surface area contributed by atoms with Crippen LogP contribution in [0.1, 0.15) is 5.56 Å². The fourth-order valence-corrected chi connectivity index (χ4v) is 5.21. The van der Waals surface area contributed by atoms with Crippen molar-refractivity contribution in [2.45, 2.75) is 12.2 Å². The fourth-order valence-electron chi connectivity index (χ4n) is 2.52. The molecule has 3 rings (SSSR count). The van der Waals surface area contributed by atoms with E-state index in [9.17, 15) is 13.2 Å². The summed E-state index contributed by atoms with van der Waals surface area (Å²) in [4.78, 5) is 4.02. The Labute approximate surface area is 110 Å². The predicted octanol–water partition coefficient (Wildman–Crippen LogP) is 1.17. The number of pyridine rings is 1. The lowest BCUT2D eigenvalue weighted by Gasteiger charge is -2.34. The molecule has 1 saturated heterocycles. The molecule has 8 heteroatoms. The summed E-state index contributed by atoms with van der Waals surface area (Å²) in [6.45, 7) is 2.11. The summed E-state index contributed by atoms with van der Waals surface area (Å²) in [6.07, 6.45) is -2.52. The Morgan fingerprint density at radius 2 is 2.26 bits per heavy atom. The molecular weight excluding hydrogens is 275 g/mol. The zero-order valence-corrected chi connectivity index (χ0v) is 11.4. The highest BCUT2D eigenvalue weighted by molar-refractivity contribution is 6.63. The minimum Gasteiger partial charge on any atom is -0.490 e. The van der Waals surface area contributed by atoms with Crippen LogP contribution < -0.4 is 14.6 Å². The topological polar surface area (TPSA) is 37.4 Å². The van der Waals surface area contributed by atoms with E-state index in [1.165, 1.54) is 0 Å². The maximum absolute atomic E-state index is 12.7. The summed E-state index contributed by atoms with van der Waals surface area (Å²) in [7, 11) is -1.22. The maximum Gasteiger partial charge on any atom is 0.418 e. The monoisotopic (exact) mass is 289 g/mol. The average molecular weight is 289 g/mol. The quantitative estimate of drug-likeness (QED) is 0.728. The van der Waals surface area contributed by atoms with E-state index < -0.39 is 20.7 Å². The molecule has 104 valence electrons. The molecule has 1 atom stereocenters. The minimum atomic E-state index is -4.38. The van der Waals surface area contributed by atoms with Crippen molar-refractivity contribution in [3.63, 3.8) is 0 Å². The summed E-state index contributed by atoms with van der Waals surface area (Å²) in [5.74, 6) is 0.857. The predicted molar refractivity (Wildman–Crippen MR) is 66.9 cm³/mol. The summed E-state index contributed by atoms with van der Waals surface area (Å²) in [6, 6.07) is 1.99. The Morgan fingerprint density at radius 1 is 1.42 bits per heavy atom. The van der Waals surface area contributed by atoms with E-state index in [1.54, 1.807) is 0 Å². The second-order valence-electron chi connectivity index (χ2n) is 4.73. The number of halogens is 3. The van der Waals surface area contributed by atoms with E-state index in [4.69, 9.17) is 4.74 Å². The van der Waals surface area contributed by atoms with Gasteiger partial charge in [0.05, 0.1) is 12.2 Å². The Morgan fingerprint density at radius 3 is 3.05 bits per heavy atom. The molecule has 2 aliphatic rings.